The van der Waals surface area contributed by atoms with Crippen molar-refractivity contribution in [3.05, 3.63) is 40.0 Å². The first kappa shape index (κ1) is 14.3. The minimum Gasteiger partial charge on any atom is -0.468 e. The second kappa shape index (κ2) is 6.39. The Morgan fingerprint density at radius 2 is 2.26 bits per heavy atom. The van der Waals surface area contributed by atoms with E-state index in [-0.39, 0.29) is 6.04 Å². The molecule has 104 valence electrons. The molecule has 1 unspecified atom stereocenters. The van der Waals surface area contributed by atoms with E-state index in [1.54, 1.807) is 6.26 Å². The Hall–Kier alpha value is -1.07. The fraction of sp³-hybridized carbons (Fsp3) is 0.500. The molecule has 4 nitrogen and oxygen atoms in total. The minimum absolute atomic E-state index is 0.165. The van der Waals surface area contributed by atoms with Crippen LogP contribution in [-0.2, 0) is 19.4 Å². The van der Waals surface area contributed by atoms with E-state index < -0.39 is 0 Å². The van der Waals surface area contributed by atoms with Gasteiger partial charge < -0.3 is 9.73 Å². The van der Waals surface area contributed by atoms with Gasteiger partial charge in [0.1, 0.15) is 5.76 Å². The molecular weight excluding hydrogens is 306 g/mol. The molecule has 2 aromatic heterocycles. The van der Waals surface area contributed by atoms with Crippen molar-refractivity contribution >= 4 is 15.9 Å². The van der Waals surface area contributed by atoms with E-state index in [0.717, 1.165) is 35.3 Å². The van der Waals surface area contributed by atoms with E-state index in [4.69, 9.17) is 4.42 Å². The van der Waals surface area contributed by atoms with Crippen LogP contribution in [0.15, 0.2) is 27.3 Å². The van der Waals surface area contributed by atoms with E-state index in [9.17, 15) is 0 Å². The Morgan fingerprint density at radius 1 is 1.47 bits per heavy atom. The summed E-state index contributed by atoms with van der Waals surface area (Å²) in [6.07, 6.45) is 3.50. The van der Waals surface area contributed by atoms with Crippen molar-refractivity contribution in [2.45, 2.75) is 39.3 Å². The molecule has 0 saturated heterocycles. The maximum absolute atomic E-state index is 5.50. The average molecular weight is 326 g/mol. The van der Waals surface area contributed by atoms with Gasteiger partial charge in [0.25, 0.3) is 0 Å². The highest BCUT2D eigenvalue weighted by Gasteiger charge is 2.20. The third-order valence-electron chi connectivity index (χ3n) is 3.33. The van der Waals surface area contributed by atoms with Gasteiger partial charge in [-0.3, -0.25) is 4.68 Å². The molecule has 0 bridgehead atoms. The summed E-state index contributed by atoms with van der Waals surface area (Å²) >= 11 is 3.68. The minimum atomic E-state index is 0.165. The SMILES string of the molecule is CCc1nn(CC)c(CC(NC)c2ccco2)c1Br. The fourth-order valence-corrected chi connectivity index (χ4v) is 2.97. The molecule has 0 radical (unpaired) electrons. The van der Waals surface area contributed by atoms with Crippen molar-refractivity contribution < 1.29 is 4.42 Å². The van der Waals surface area contributed by atoms with Crippen LogP contribution in [0.3, 0.4) is 0 Å². The van der Waals surface area contributed by atoms with Gasteiger partial charge in [0.15, 0.2) is 0 Å². The first-order valence-electron chi connectivity index (χ1n) is 6.65. The van der Waals surface area contributed by atoms with Crippen LogP contribution in [0.1, 0.15) is 37.0 Å². The quantitative estimate of drug-likeness (QED) is 0.885. The van der Waals surface area contributed by atoms with Crippen LogP contribution in [0.4, 0.5) is 0 Å². The van der Waals surface area contributed by atoms with Crippen molar-refractivity contribution in [3.8, 4) is 0 Å². The third-order valence-corrected chi connectivity index (χ3v) is 4.24. The Bertz CT molecular complexity index is 519. The van der Waals surface area contributed by atoms with E-state index in [1.165, 1.54) is 5.69 Å². The highest BCUT2D eigenvalue weighted by atomic mass is 79.9. The molecule has 2 rings (SSSR count). The standard InChI is InChI=1S/C14H20BrN3O/c1-4-10-14(15)12(18(5-2)17-10)9-11(16-3)13-7-6-8-19-13/h6-8,11,16H,4-5,9H2,1-3H3. The first-order valence-corrected chi connectivity index (χ1v) is 7.45. The van der Waals surface area contributed by atoms with Gasteiger partial charge in [-0.2, -0.15) is 5.10 Å². The van der Waals surface area contributed by atoms with Crippen LogP contribution in [0.2, 0.25) is 0 Å². The van der Waals surface area contributed by atoms with Gasteiger partial charge in [0.05, 0.1) is 28.2 Å². The summed E-state index contributed by atoms with van der Waals surface area (Å²) in [5.74, 6) is 0.955. The predicted molar refractivity (Wildman–Crippen MR) is 79.2 cm³/mol. The number of aromatic nitrogens is 2. The lowest BCUT2D eigenvalue weighted by atomic mass is 10.1. The van der Waals surface area contributed by atoms with E-state index in [1.807, 2.05) is 19.2 Å². The van der Waals surface area contributed by atoms with Gasteiger partial charge in [-0.25, -0.2) is 0 Å². The lowest BCUT2D eigenvalue weighted by molar-refractivity contribution is 0.421. The molecule has 0 aliphatic carbocycles. The largest absolute Gasteiger partial charge is 0.468 e. The van der Waals surface area contributed by atoms with Gasteiger partial charge in [0.2, 0.25) is 0 Å². The zero-order valence-electron chi connectivity index (χ0n) is 11.6. The first-order chi connectivity index (χ1) is 9.21. The molecular formula is C14H20BrN3O. The van der Waals surface area contributed by atoms with Crippen LogP contribution in [0.5, 0.6) is 0 Å². The van der Waals surface area contributed by atoms with E-state index >= 15 is 0 Å². The van der Waals surface area contributed by atoms with Gasteiger partial charge in [0, 0.05) is 13.0 Å². The third kappa shape index (κ3) is 2.92. The lowest BCUT2D eigenvalue weighted by Crippen LogP contribution is -2.20. The summed E-state index contributed by atoms with van der Waals surface area (Å²) in [6, 6.07) is 4.09. The molecule has 0 aliphatic rings. The molecule has 0 aromatic carbocycles. The second-order valence-electron chi connectivity index (χ2n) is 4.44. The molecule has 0 saturated carbocycles. The molecule has 19 heavy (non-hydrogen) atoms. The maximum Gasteiger partial charge on any atom is 0.121 e. The van der Waals surface area contributed by atoms with Crippen molar-refractivity contribution in [1.29, 1.82) is 0 Å². The van der Waals surface area contributed by atoms with Gasteiger partial charge in [-0.05, 0) is 48.5 Å². The molecule has 0 amide bonds. The fourth-order valence-electron chi connectivity index (χ4n) is 2.24. The summed E-state index contributed by atoms with van der Waals surface area (Å²) in [5, 5.41) is 7.93. The number of aryl methyl sites for hydroxylation is 2. The Morgan fingerprint density at radius 3 is 2.79 bits per heavy atom. The zero-order chi connectivity index (χ0) is 13.8. The van der Waals surface area contributed by atoms with Crippen molar-refractivity contribution in [1.82, 2.24) is 15.1 Å². The van der Waals surface area contributed by atoms with Crippen molar-refractivity contribution in [2.24, 2.45) is 0 Å². The van der Waals surface area contributed by atoms with Gasteiger partial charge in [-0.15, -0.1) is 0 Å². The molecule has 5 heteroatoms. The van der Waals surface area contributed by atoms with Crippen LogP contribution in [-0.4, -0.2) is 16.8 Å². The van der Waals surface area contributed by atoms with Crippen LogP contribution < -0.4 is 5.32 Å². The lowest BCUT2D eigenvalue weighted by Gasteiger charge is -2.14. The molecule has 1 atom stereocenters. The smallest absolute Gasteiger partial charge is 0.121 e. The summed E-state index contributed by atoms with van der Waals surface area (Å²) < 4.78 is 8.69. The number of nitrogens with one attached hydrogen (secondary N) is 1. The summed E-state index contributed by atoms with van der Waals surface area (Å²) in [7, 11) is 1.95. The molecule has 2 heterocycles. The van der Waals surface area contributed by atoms with Crippen LogP contribution in [0.25, 0.3) is 0 Å². The number of likely N-dealkylation sites (N-methyl/N-ethyl adjacent to an activating group) is 1. The predicted octanol–water partition coefficient (Wildman–Crippen LogP) is 3.32. The van der Waals surface area contributed by atoms with Gasteiger partial charge in [-0.1, -0.05) is 6.92 Å². The Balaban J connectivity index is 2.29. The summed E-state index contributed by atoms with van der Waals surface area (Å²) in [4.78, 5) is 0. The molecule has 0 spiro atoms. The summed E-state index contributed by atoms with van der Waals surface area (Å²) in [5.41, 5.74) is 2.33. The topological polar surface area (TPSA) is 43.0 Å². The number of hydrogen-bond donors (Lipinski definition) is 1. The molecule has 2 aromatic rings. The Labute approximate surface area is 122 Å². The molecule has 0 fully saturated rings. The second-order valence-corrected chi connectivity index (χ2v) is 5.23. The van der Waals surface area contributed by atoms with E-state index in [0.29, 0.717) is 0 Å². The number of nitrogens with zero attached hydrogens (tertiary/aromatic N) is 2. The molecule has 0 aliphatic heterocycles. The number of halogens is 1. The maximum atomic E-state index is 5.50. The number of furan rings is 1. The van der Waals surface area contributed by atoms with Crippen LogP contribution >= 0.6 is 15.9 Å². The van der Waals surface area contributed by atoms with E-state index in [2.05, 4.69) is 44.9 Å². The highest BCUT2D eigenvalue weighted by Crippen LogP contribution is 2.27. The normalized spacial score (nSPS) is 12.8. The zero-order valence-corrected chi connectivity index (χ0v) is 13.2. The highest BCUT2D eigenvalue weighted by molar-refractivity contribution is 9.10. The van der Waals surface area contributed by atoms with Crippen molar-refractivity contribution in [2.75, 3.05) is 7.05 Å². The van der Waals surface area contributed by atoms with Gasteiger partial charge >= 0.3 is 0 Å². The molecule has 1 N–H and O–H groups in total. The van der Waals surface area contributed by atoms with Crippen LogP contribution in [0, 0.1) is 0 Å². The van der Waals surface area contributed by atoms with Crippen molar-refractivity contribution in [3.63, 3.8) is 0 Å². The monoisotopic (exact) mass is 325 g/mol. The Kier molecular flexibility index (Phi) is 4.82. The average Bonchev–Trinajstić information content (AvgIpc) is 3.04. The number of hydrogen-bond acceptors (Lipinski definition) is 3. The summed E-state index contributed by atoms with van der Waals surface area (Å²) in [6.45, 7) is 5.12. The number of rotatable bonds is 6.